The number of phenolic OH excluding ortho intramolecular Hbond substituents is 1. The third kappa shape index (κ3) is 4.66. The van der Waals surface area contributed by atoms with Crippen molar-refractivity contribution >= 4 is 12.0 Å². The third-order valence-electron chi connectivity index (χ3n) is 15.3. The standard InChI is InChI=1S/C39H58O4/c1-34(2)29-18-22-39(8)30(15-14-28-33-27(35(3,4)42)17-20-36(33,5)23-24-38(28,39)7)37(29,6)21-19-31(34)43-32(41)16-11-25-9-12-26(40)13-10-25/h9-13,16,27-31,33,40,42H,14-15,17-24H2,1-8H3/b16-11+/t27-,28-,29+,30-,31?,33-,36-,37+,38-,39-/m1/s1. The summed E-state index contributed by atoms with van der Waals surface area (Å²) in [5.74, 6) is 2.87. The maximum atomic E-state index is 13.0. The van der Waals surface area contributed by atoms with Gasteiger partial charge in [-0.05, 0) is 153 Å². The molecule has 0 saturated heterocycles. The van der Waals surface area contributed by atoms with Crippen molar-refractivity contribution in [3.05, 3.63) is 35.9 Å². The summed E-state index contributed by atoms with van der Waals surface area (Å²) in [6, 6.07) is 6.86. The molecule has 0 heterocycles. The van der Waals surface area contributed by atoms with E-state index in [2.05, 4.69) is 55.4 Å². The number of carbonyl (C=O) groups excluding carboxylic acids is 1. The molecule has 10 atom stereocenters. The van der Waals surface area contributed by atoms with Gasteiger partial charge in [0.05, 0.1) is 5.60 Å². The first-order valence-electron chi connectivity index (χ1n) is 17.4. The molecule has 0 radical (unpaired) electrons. The molecule has 5 saturated carbocycles. The van der Waals surface area contributed by atoms with E-state index >= 15 is 0 Å². The Morgan fingerprint density at radius 2 is 1.53 bits per heavy atom. The molecular weight excluding hydrogens is 532 g/mol. The zero-order valence-electron chi connectivity index (χ0n) is 28.2. The van der Waals surface area contributed by atoms with Crippen molar-refractivity contribution < 1.29 is 19.7 Å². The van der Waals surface area contributed by atoms with Crippen molar-refractivity contribution in [2.75, 3.05) is 0 Å². The molecule has 5 fully saturated rings. The van der Waals surface area contributed by atoms with E-state index in [1.165, 1.54) is 57.4 Å². The highest BCUT2D eigenvalue weighted by molar-refractivity contribution is 5.87. The van der Waals surface area contributed by atoms with Gasteiger partial charge in [0, 0.05) is 11.5 Å². The normalized spacial score (nSPS) is 45.5. The molecule has 43 heavy (non-hydrogen) atoms. The maximum absolute atomic E-state index is 13.0. The fraction of sp³-hybridized carbons (Fsp3) is 0.769. The van der Waals surface area contributed by atoms with Gasteiger partial charge in [-0.25, -0.2) is 4.79 Å². The lowest BCUT2D eigenvalue weighted by atomic mass is 9.32. The van der Waals surface area contributed by atoms with Crippen molar-refractivity contribution in [3.63, 3.8) is 0 Å². The molecule has 2 N–H and O–H groups in total. The van der Waals surface area contributed by atoms with Crippen LogP contribution in [0.2, 0.25) is 0 Å². The minimum atomic E-state index is -0.610. The van der Waals surface area contributed by atoms with Gasteiger partial charge in [0.15, 0.2) is 0 Å². The van der Waals surface area contributed by atoms with E-state index in [1.54, 1.807) is 30.3 Å². The largest absolute Gasteiger partial charge is 0.508 e. The van der Waals surface area contributed by atoms with Gasteiger partial charge >= 0.3 is 5.97 Å². The van der Waals surface area contributed by atoms with Crippen LogP contribution in [0.5, 0.6) is 5.75 Å². The summed E-state index contributed by atoms with van der Waals surface area (Å²) >= 11 is 0. The molecule has 0 spiro atoms. The van der Waals surface area contributed by atoms with Crippen LogP contribution >= 0.6 is 0 Å². The Hall–Kier alpha value is -1.81. The van der Waals surface area contributed by atoms with Crippen LogP contribution in [-0.4, -0.2) is 27.9 Å². The number of phenols is 1. The average molecular weight is 591 g/mol. The smallest absolute Gasteiger partial charge is 0.331 e. The molecule has 6 rings (SSSR count). The Morgan fingerprint density at radius 1 is 0.837 bits per heavy atom. The van der Waals surface area contributed by atoms with E-state index in [-0.39, 0.29) is 28.7 Å². The van der Waals surface area contributed by atoms with Crippen LogP contribution in [-0.2, 0) is 9.53 Å². The molecule has 1 aromatic carbocycles. The quantitative estimate of drug-likeness (QED) is 0.271. The van der Waals surface area contributed by atoms with Gasteiger partial charge in [0.1, 0.15) is 11.9 Å². The fourth-order valence-electron chi connectivity index (χ4n) is 12.8. The summed E-state index contributed by atoms with van der Waals surface area (Å²) in [5.41, 5.74) is 1.38. The number of fused-ring (bicyclic) bond motifs is 7. The Balaban J connectivity index is 1.23. The van der Waals surface area contributed by atoms with Gasteiger partial charge in [-0.15, -0.1) is 0 Å². The average Bonchev–Trinajstić information content (AvgIpc) is 3.29. The number of aromatic hydroxyl groups is 1. The van der Waals surface area contributed by atoms with E-state index in [4.69, 9.17) is 4.74 Å². The maximum Gasteiger partial charge on any atom is 0.331 e. The SMILES string of the molecule is CC(C)(O)[C@@H]1CC[C@]2(C)CC[C@]3(C)[C@H](CC[C@@H]4[C@@]5(C)CCC(OC(=O)/C=C/c6ccc(O)cc6)C(C)(C)[C@@H]5CC[C@]43C)[C@@H]12. The topological polar surface area (TPSA) is 66.8 Å². The van der Waals surface area contributed by atoms with E-state index < -0.39 is 5.60 Å². The van der Waals surface area contributed by atoms with E-state index in [0.29, 0.717) is 45.8 Å². The van der Waals surface area contributed by atoms with Gasteiger partial charge in [0.2, 0.25) is 0 Å². The summed E-state index contributed by atoms with van der Waals surface area (Å²) in [4.78, 5) is 13.0. The monoisotopic (exact) mass is 590 g/mol. The van der Waals surface area contributed by atoms with Crippen molar-refractivity contribution in [1.29, 1.82) is 0 Å². The molecule has 4 nitrogen and oxygen atoms in total. The van der Waals surface area contributed by atoms with Gasteiger partial charge < -0.3 is 14.9 Å². The van der Waals surface area contributed by atoms with Crippen LogP contribution in [0, 0.1) is 56.7 Å². The number of benzene rings is 1. The number of esters is 1. The first-order chi connectivity index (χ1) is 20.0. The molecule has 238 valence electrons. The molecule has 0 bridgehead atoms. The highest BCUT2D eigenvalue weighted by atomic mass is 16.5. The molecule has 0 aliphatic heterocycles. The van der Waals surface area contributed by atoms with Gasteiger partial charge in [-0.2, -0.15) is 0 Å². The predicted octanol–water partition coefficient (Wildman–Crippen LogP) is 9.19. The predicted molar refractivity (Wildman–Crippen MR) is 173 cm³/mol. The Labute approximate surface area is 261 Å². The molecular formula is C39H58O4. The zero-order valence-corrected chi connectivity index (χ0v) is 28.2. The number of hydrogen-bond donors (Lipinski definition) is 2. The number of carbonyl (C=O) groups is 1. The summed E-state index contributed by atoms with van der Waals surface area (Å²) < 4.78 is 6.22. The van der Waals surface area contributed by atoms with Gasteiger partial charge in [0.25, 0.3) is 0 Å². The third-order valence-corrected chi connectivity index (χ3v) is 15.3. The van der Waals surface area contributed by atoms with Crippen molar-refractivity contribution in [1.82, 2.24) is 0 Å². The fourth-order valence-corrected chi connectivity index (χ4v) is 12.8. The molecule has 5 aliphatic carbocycles. The lowest BCUT2D eigenvalue weighted by molar-refractivity contribution is -0.252. The second-order valence-corrected chi connectivity index (χ2v) is 17.9. The zero-order chi connectivity index (χ0) is 31.2. The Morgan fingerprint density at radius 3 is 2.21 bits per heavy atom. The highest BCUT2D eigenvalue weighted by Crippen LogP contribution is 2.77. The Kier molecular flexibility index (Phi) is 7.32. The highest BCUT2D eigenvalue weighted by Gasteiger charge is 2.71. The van der Waals surface area contributed by atoms with E-state index in [0.717, 1.165) is 18.4 Å². The van der Waals surface area contributed by atoms with Gasteiger partial charge in [-0.3, -0.25) is 0 Å². The molecule has 4 heteroatoms. The van der Waals surface area contributed by atoms with Crippen molar-refractivity contribution in [2.45, 2.75) is 131 Å². The second-order valence-electron chi connectivity index (χ2n) is 17.9. The summed E-state index contributed by atoms with van der Waals surface area (Å²) in [7, 11) is 0. The van der Waals surface area contributed by atoms with Gasteiger partial charge in [-0.1, -0.05) is 53.7 Å². The minimum absolute atomic E-state index is 0.0831. The summed E-state index contributed by atoms with van der Waals surface area (Å²) in [6.45, 7) is 19.4. The van der Waals surface area contributed by atoms with Crippen molar-refractivity contribution in [3.8, 4) is 5.75 Å². The summed E-state index contributed by atoms with van der Waals surface area (Å²) in [6.07, 6.45) is 15.4. The molecule has 0 aromatic heterocycles. The lowest BCUT2D eigenvalue weighted by Gasteiger charge is -2.73. The van der Waals surface area contributed by atoms with Crippen LogP contribution in [0.4, 0.5) is 0 Å². The number of hydrogen-bond acceptors (Lipinski definition) is 4. The van der Waals surface area contributed by atoms with Crippen LogP contribution < -0.4 is 0 Å². The minimum Gasteiger partial charge on any atom is -0.508 e. The first kappa shape index (κ1) is 31.2. The van der Waals surface area contributed by atoms with E-state index in [1.807, 2.05) is 0 Å². The molecule has 0 amide bonds. The van der Waals surface area contributed by atoms with Crippen molar-refractivity contribution in [2.24, 2.45) is 56.7 Å². The number of aliphatic hydroxyl groups is 1. The number of ether oxygens (including phenoxy) is 1. The molecule has 1 aromatic rings. The van der Waals surface area contributed by atoms with Crippen LogP contribution in [0.25, 0.3) is 6.08 Å². The van der Waals surface area contributed by atoms with Crippen LogP contribution in [0.3, 0.4) is 0 Å². The molecule has 1 unspecified atom stereocenters. The number of rotatable bonds is 4. The lowest BCUT2D eigenvalue weighted by Crippen LogP contribution is -2.67. The molecule has 5 aliphatic rings. The van der Waals surface area contributed by atoms with Crippen LogP contribution in [0.15, 0.2) is 30.3 Å². The van der Waals surface area contributed by atoms with E-state index in [9.17, 15) is 15.0 Å². The summed E-state index contributed by atoms with van der Waals surface area (Å²) in [5, 5.41) is 20.9. The Bertz CT molecular complexity index is 1260. The van der Waals surface area contributed by atoms with Crippen LogP contribution in [0.1, 0.15) is 125 Å². The second kappa shape index (κ2) is 10.1. The first-order valence-corrected chi connectivity index (χ1v) is 17.4.